The fourth-order valence-electron chi connectivity index (χ4n) is 11.2. The number of carbonyl (C=O) groups excluding carboxylic acids is 1. The van der Waals surface area contributed by atoms with E-state index >= 15 is 0 Å². The summed E-state index contributed by atoms with van der Waals surface area (Å²) in [7, 11) is 0. The predicted molar refractivity (Wildman–Crippen MR) is 378 cm³/mol. The average molecular weight is 1320 g/mol. The number of nitrogens with zero attached hydrogens (tertiary/aromatic N) is 3. The molecule has 0 bridgehead atoms. The SMILES string of the molecule is CCCCCCCCn1c(O)c(C2SC(=Cc3sc(-c4ccc(N(c5ccc(-c6ccc(-c7ccc(OCCCCCC)cc7)s6)cc5)c5ccc(-c6ccc(-c7ccc(OCCCCCC)cc7)s6)cc5)cc4)c4c3OCCO4)C(=O)N2CC(=O)O)sc1=S. The van der Waals surface area contributed by atoms with E-state index < -0.39 is 23.8 Å². The third-order valence-corrected chi connectivity index (χ3v) is 22.5. The molecule has 0 radical (unpaired) electrons. The largest absolute Gasteiger partial charge is 0.494 e. The van der Waals surface area contributed by atoms with Crippen molar-refractivity contribution in [2.24, 2.45) is 0 Å². The van der Waals surface area contributed by atoms with Gasteiger partial charge in [-0.3, -0.25) is 14.2 Å². The molecule has 4 aromatic heterocycles. The lowest BCUT2D eigenvalue weighted by molar-refractivity contribution is -0.142. The number of ether oxygens (including phenoxy) is 4. The zero-order valence-corrected chi connectivity index (χ0v) is 56.2. The van der Waals surface area contributed by atoms with Crippen molar-refractivity contribution in [2.45, 2.75) is 123 Å². The molecule has 468 valence electrons. The number of aromatic nitrogens is 1. The lowest BCUT2D eigenvalue weighted by Gasteiger charge is -2.26. The summed E-state index contributed by atoms with van der Waals surface area (Å²) in [6.45, 7) is 8.81. The van der Waals surface area contributed by atoms with E-state index in [2.05, 4.69) is 171 Å². The Labute approximate surface area is 554 Å². The molecule has 1 saturated heterocycles. The minimum absolute atomic E-state index is 0.0159. The summed E-state index contributed by atoms with van der Waals surface area (Å²) in [6, 6.07) is 51.7. The first-order valence-electron chi connectivity index (χ1n) is 31.6. The molecule has 5 aromatic carbocycles. The number of carboxylic acid groups (broad SMARTS) is 1. The number of benzene rings is 5. The zero-order valence-electron chi connectivity index (χ0n) is 51.3. The van der Waals surface area contributed by atoms with Gasteiger partial charge in [0.2, 0.25) is 5.88 Å². The number of fused-ring (bicyclic) bond motifs is 1. The Hall–Kier alpha value is -7.12. The summed E-state index contributed by atoms with van der Waals surface area (Å²) in [4.78, 5) is 37.2. The molecule has 17 heteroatoms. The molecule has 90 heavy (non-hydrogen) atoms. The maximum Gasteiger partial charge on any atom is 0.323 e. The van der Waals surface area contributed by atoms with Crippen molar-refractivity contribution in [1.29, 1.82) is 0 Å². The van der Waals surface area contributed by atoms with Gasteiger partial charge in [-0.05, 0) is 175 Å². The molecule has 0 aliphatic carbocycles. The minimum Gasteiger partial charge on any atom is -0.494 e. The number of unbranched alkanes of at least 4 members (excludes halogenated alkanes) is 11. The summed E-state index contributed by atoms with van der Waals surface area (Å²) >= 11 is 13.2. The van der Waals surface area contributed by atoms with Gasteiger partial charge in [0.1, 0.15) is 41.5 Å². The number of aromatic hydroxyl groups is 1. The van der Waals surface area contributed by atoms with Gasteiger partial charge in [-0.1, -0.05) is 140 Å². The summed E-state index contributed by atoms with van der Waals surface area (Å²) in [5, 5.41) is 20.8. The Morgan fingerprint density at radius 1 is 0.567 bits per heavy atom. The average Bonchev–Trinajstić information content (AvgIpc) is 1.81. The molecule has 0 saturated carbocycles. The number of thiazole rings is 1. The van der Waals surface area contributed by atoms with Gasteiger partial charge in [0.25, 0.3) is 5.91 Å². The minimum atomic E-state index is -1.15. The highest BCUT2D eigenvalue weighted by atomic mass is 32.2. The van der Waals surface area contributed by atoms with Gasteiger partial charge in [0.05, 0.1) is 27.9 Å². The van der Waals surface area contributed by atoms with E-state index in [-0.39, 0.29) is 5.88 Å². The van der Waals surface area contributed by atoms with Crippen LogP contribution in [0.5, 0.6) is 28.9 Å². The Kier molecular flexibility index (Phi) is 22.4. The van der Waals surface area contributed by atoms with E-state index in [9.17, 15) is 19.8 Å². The van der Waals surface area contributed by atoms with Crippen molar-refractivity contribution in [1.82, 2.24) is 9.47 Å². The van der Waals surface area contributed by atoms with Crippen LogP contribution in [-0.2, 0) is 16.1 Å². The van der Waals surface area contributed by atoms with Crippen molar-refractivity contribution in [3.8, 4) is 81.1 Å². The second-order valence-electron chi connectivity index (χ2n) is 22.6. The maximum atomic E-state index is 14.3. The lowest BCUT2D eigenvalue weighted by atomic mass is 10.1. The lowest BCUT2D eigenvalue weighted by Crippen LogP contribution is -2.32. The van der Waals surface area contributed by atoms with Crippen LogP contribution in [0.4, 0.5) is 17.1 Å². The monoisotopic (exact) mass is 1320 g/mol. The van der Waals surface area contributed by atoms with Crippen LogP contribution in [0.15, 0.2) is 150 Å². The van der Waals surface area contributed by atoms with Crippen LogP contribution >= 0.6 is 69.3 Å². The molecule has 6 heterocycles. The summed E-state index contributed by atoms with van der Waals surface area (Å²) in [5.74, 6) is 1.33. The maximum absolute atomic E-state index is 14.3. The quantitative estimate of drug-likeness (QED) is 0.0245. The Morgan fingerprint density at radius 3 is 1.48 bits per heavy atom. The Morgan fingerprint density at radius 2 is 1.00 bits per heavy atom. The molecule has 1 amide bonds. The number of carboxylic acids is 1. The van der Waals surface area contributed by atoms with E-state index in [1.165, 1.54) is 110 Å². The van der Waals surface area contributed by atoms with Gasteiger partial charge >= 0.3 is 5.97 Å². The molecule has 1 atom stereocenters. The van der Waals surface area contributed by atoms with Crippen LogP contribution in [0.2, 0.25) is 0 Å². The number of amides is 1. The highest BCUT2D eigenvalue weighted by Crippen LogP contribution is 2.55. The number of carbonyl (C=O) groups is 2. The molecule has 2 aliphatic rings. The molecule has 1 fully saturated rings. The Bertz CT molecular complexity index is 3780. The first kappa shape index (κ1) is 64.4. The first-order chi connectivity index (χ1) is 44.1. The fraction of sp³-hybridized carbons (Fsp3) is 0.329. The molecule has 11 nitrogen and oxygen atoms in total. The topological polar surface area (TPSA) is 123 Å². The molecule has 0 spiro atoms. The number of hydrogen-bond donors (Lipinski definition) is 2. The standard InChI is InChI=1S/C73H77N3O8S6/c1-4-7-10-13-14-15-42-74-71(80)69(90-73(74)85)72-75(48-65(77)78)70(79)64(89-72)47-63-66-67(84-46-45-83-66)68(88-63)53-22-32-56(33-23-53)76(54-28-18-49(19-29-54)59-38-40-61(86-59)51-24-34-57(35-25-51)81-43-16-11-8-5-2)55-30-20-50(21-31-55)60-39-41-62(87-60)52-26-36-58(37-27-52)82-44-17-12-9-6-3/h18-41,47,72,80H,4-17,42-46,48H2,1-3H3,(H,77,78). The van der Waals surface area contributed by atoms with Gasteiger partial charge in [0, 0.05) is 43.1 Å². The summed E-state index contributed by atoms with van der Waals surface area (Å²) in [5.41, 5.74) is 8.43. The number of thioether (sulfide) groups is 1. The molecule has 11 rings (SSSR count). The fourth-order valence-corrected chi connectivity index (χ4v) is 17.2. The second kappa shape index (κ2) is 31.3. The van der Waals surface area contributed by atoms with E-state index in [0.29, 0.717) is 49.9 Å². The Balaban J connectivity index is 0.858. The van der Waals surface area contributed by atoms with Crippen LogP contribution in [0, 0.1) is 3.95 Å². The molecule has 9 aromatic rings. The molecular formula is C73H77N3O8S6. The second-order valence-corrected chi connectivity index (χ2v) is 28.6. The van der Waals surface area contributed by atoms with Crippen molar-refractivity contribution in [3.63, 3.8) is 0 Å². The van der Waals surface area contributed by atoms with Crippen molar-refractivity contribution in [3.05, 3.63) is 164 Å². The summed E-state index contributed by atoms with van der Waals surface area (Å²) in [6.07, 6.45) is 17.7. The normalized spacial score (nSPS) is 14.2. The van der Waals surface area contributed by atoms with E-state index in [4.69, 9.17) is 31.2 Å². The van der Waals surface area contributed by atoms with Gasteiger partial charge in [-0.25, -0.2) is 0 Å². The predicted octanol–water partition coefficient (Wildman–Crippen LogP) is 21.7. The molecule has 1 unspecified atom stereocenters. The number of anilines is 3. The highest BCUT2D eigenvalue weighted by molar-refractivity contribution is 8.05. The van der Waals surface area contributed by atoms with Crippen LogP contribution in [0.3, 0.4) is 0 Å². The van der Waals surface area contributed by atoms with E-state index in [1.54, 1.807) is 33.3 Å². The third-order valence-electron chi connectivity index (χ3n) is 16.1. The van der Waals surface area contributed by atoms with E-state index in [0.717, 1.165) is 113 Å². The van der Waals surface area contributed by atoms with Crippen LogP contribution < -0.4 is 23.8 Å². The molecule has 2 aliphatic heterocycles. The first-order valence-corrected chi connectivity index (χ1v) is 36.2. The third kappa shape index (κ3) is 15.6. The number of rotatable bonds is 31. The number of thiophene rings is 3. The summed E-state index contributed by atoms with van der Waals surface area (Å²) < 4.78 is 27.0. The van der Waals surface area contributed by atoms with Gasteiger partial charge in [-0.15, -0.1) is 45.3 Å². The zero-order chi connectivity index (χ0) is 62.3. The van der Waals surface area contributed by atoms with Crippen LogP contribution in [0.1, 0.15) is 126 Å². The molecular weight excluding hydrogens is 1240 g/mol. The van der Waals surface area contributed by atoms with Crippen molar-refractivity contribution >= 4 is 104 Å². The number of hydrogen-bond acceptors (Lipinski definition) is 14. The number of aliphatic carboxylic acids is 1. The van der Waals surface area contributed by atoms with Crippen LogP contribution in [-0.4, -0.2) is 64.5 Å². The van der Waals surface area contributed by atoms with E-state index in [1.807, 2.05) is 0 Å². The van der Waals surface area contributed by atoms with Gasteiger partial charge in [-0.2, -0.15) is 0 Å². The van der Waals surface area contributed by atoms with Crippen LogP contribution in [0.25, 0.3) is 58.3 Å². The van der Waals surface area contributed by atoms with Crippen molar-refractivity contribution < 1.29 is 38.7 Å². The van der Waals surface area contributed by atoms with Crippen molar-refractivity contribution in [2.75, 3.05) is 37.9 Å². The molecule has 2 N–H and O–H groups in total. The van der Waals surface area contributed by atoms with Gasteiger partial charge in [0.15, 0.2) is 15.5 Å². The smallest absolute Gasteiger partial charge is 0.323 e. The highest BCUT2D eigenvalue weighted by Gasteiger charge is 2.42. The van der Waals surface area contributed by atoms with Gasteiger partial charge < -0.3 is 39.0 Å².